The molecule has 0 fully saturated rings. The fourth-order valence-corrected chi connectivity index (χ4v) is 4.69. The number of fused-ring (bicyclic) bond motifs is 2. The lowest BCUT2D eigenvalue weighted by atomic mass is 9.95. The molecule has 24 heavy (non-hydrogen) atoms. The Morgan fingerprint density at radius 1 is 1.12 bits per heavy atom. The van der Waals surface area contributed by atoms with E-state index in [2.05, 4.69) is 6.07 Å². The molecule has 0 atom stereocenters. The second-order valence-corrected chi connectivity index (χ2v) is 7.00. The fraction of sp³-hybridized carbons (Fsp3) is 0.211. The van der Waals surface area contributed by atoms with Crippen LogP contribution in [0.4, 0.5) is 0 Å². The van der Waals surface area contributed by atoms with E-state index in [-0.39, 0.29) is 0 Å². The van der Waals surface area contributed by atoms with Gasteiger partial charge < -0.3 is 9.47 Å². The third kappa shape index (κ3) is 2.38. The molecule has 0 unspecified atom stereocenters. The van der Waals surface area contributed by atoms with Gasteiger partial charge in [-0.15, -0.1) is 11.3 Å². The van der Waals surface area contributed by atoms with Crippen molar-refractivity contribution in [2.45, 2.75) is 6.42 Å². The standard InChI is InChI=1S/C19H16ClNO2S/c1-22-11-6-7-14-16(10-11)24-19(17(14)20)18-13-4-3-5-15(23-2)12(13)8-9-21-18/h3-7,10H,8-9H2,1-2H3. The van der Waals surface area contributed by atoms with E-state index in [4.69, 9.17) is 26.1 Å². The van der Waals surface area contributed by atoms with Crippen molar-refractivity contribution in [2.24, 2.45) is 4.99 Å². The Hall–Kier alpha value is -2.04. The first-order valence-electron chi connectivity index (χ1n) is 7.70. The molecule has 0 aliphatic carbocycles. The van der Waals surface area contributed by atoms with Crippen molar-refractivity contribution >= 4 is 38.7 Å². The molecule has 0 radical (unpaired) electrons. The van der Waals surface area contributed by atoms with Crippen molar-refractivity contribution in [3.63, 3.8) is 0 Å². The number of rotatable bonds is 3. The van der Waals surface area contributed by atoms with Crippen molar-refractivity contribution in [2.75, 3.05) is 20.8 Å². The molecule has 1 aliphatic heterocycles. The van der Waals surface area contributed by atoms with Crippen LogP contribution >= 0.6 is 22.9 Å². The van der Waals surface area contributed by atoms with E-state index in [1.54, 1.807) is 25.6 Å². The minimum atomic E-state index is 0.747. The summed E-state index contributed by atoms with van der Waals surface area (Å²) in [6, 6.07) is 12.1. The summed E-state index contributed by atoms with van der Waals surface area (Å²) in [5.41, 5.74) is 3.28. The maximum atomic E-state index is 6.68. The van der Waals surface area contributed by atoms with Crippen LogP contribution < -0.4 is 9.47 Å². The molecular formula is C19H16ClNO2S. The Morgan fingerprint density at radius 2 is 2.00 bits per heavy atom. The molecule has 0 spiro atoms. The molecule has 2 aromatic carbocycles. The number of methoxy groups -OCH3 is 2. The SMILES string of the molecule is COc1ccc2c(Cl)c(C3=NCCc4c(OC)cccc43)sc2c1. The Kier molecular flexibility index (Phi) is 3.94. The Bertz CT molecular complexity index is 961. The van der Waals surface area contributed by atoms with Gasteiger partial charge in [0, 0.05) is 27.8 Å². The summed E-state index contributed by atoms with van der Waals surface area (Å²) in [5.74, 6) is 1.75. The van der Waals surface area contributed by atoms with Crippen molar-refractivity contribution < 1.29 is 9.47 Å². The van der Waals surface area contributed by atoms with Crippen molar-refractivity contribution in [3.05, 3.63) is 57.4 Å². The highest BCUT2D eigenvalue weighted by Gasteiger charge is 2.23. The van der Waals surface area contributed by atoms with E-state index in [0.717, 1.165) is 55.7 Å². The summed E-state index contributed by atoms with van der Waals surface area (Å²) in [6.07, 6.45) is 0.888. The lowest BCUT2D eigenvalue weighted by Crippen LogP contribution is -2.14. The molecule has 0 saturated heterocycles. The lowest BCUT2D eigenvalue weighted by Gasteiger charge is -2.19. The first-order valence-corrected chi connectivity index (χ1v) is 8.89. The van der Waals surface area contributed by atoms with Crippen LogP contribution in [0.15, 0.2) is 41.4 Å². The molecule has 0 saturated carbocycles. The highest BCUT2D eigenvalue weighted by atomic mass is 35.5. The van der Waals surface area contributed by atoms with Gasteiger partial charge in [0.1, 0.15) is 11.5 Å². The molecule has 0 N–H and O–H groups in total. The number of hydrogen-bond donors (Lipinski definition) is 0. The number of benzene rings is 2. The van der Waals surface area contributed by atoms with E-state index in [0.29, 0.717) is 0 Å². The lowest BCUT2D eigenvalue weighted by molar-refractivity contribution is 0.409. The van der Waals surface area contributed by atoms with Crippen LogP contribution in [0, 0.1) is 0 Å². The average Bonchev–Trinajstić information content (AvgIpc) is 2.96. The molecule has 122 valence electrons. The van der Waals surface area contributed by atoms with E-state index in [1.165, 1.54) is 5.56 Å². The molecule has 0 amide bonds. The Balaban J connectivity index is 1.90. The number of ether oxygens (including phenoxy) is 2. The van der Waals surface area contributed by atoms with Gasteiger partial charge in [-0.25, -0.2) is 0 Å². The fourth-order valence-electron chi connectivity index (χ4n) is 3.12. The number of halogens is 1. The van der Waals surface area contributed by atoms with E-state index >= 15 is 0 Å². The van der Waals surface area contributed by atoms with Crippen LogP contribution in [0.5, 0.6) is 11.5 Å². The van der Waals surface area contributed by atoms with Crippen molar-refractivity contribution in [3.8, 4) is 11.5 Å². The summed E-state index contributed by atoms with van der Waals surface area (Å²) >= 11 is 8.34. The van der Waals surface area contributed by atoms with Gasteiger partial charge in [0.2, 0.25) is 0 Å². The maximum Gasteiger partial charge on any atom is 0.122 e. The van der Waals surface area contributed by atoms with E-state index < -0.39 is 0 Å². The number of thiophene rings is 1. The number of aliphatic imine (C=N–C) groups is 1. The van der Waals surface area contributed by atoms with Crippen molar-refractivity contribution in [1.82, 2.24) is 0 Å². The molecule has 3 nitrogen and oxygen atoms in total. The summed E-state index contributed by atoms with van der Waals surface area (Å²) < 4.78 is 11.9. The second kappa shape index (κ2) is 6.11. The predicted octanol–water partition coefficient (Wildman–Crippen LogP) is 4.97. The molecule has 0 bridgehead atoms. The third-order valence-corrected chi connectivity index (χ3v) is 5.96. The smallest absolute Gasteiger partial charge is 0.122 e. The third-order valence-electron chi connectivity index (χ3n) is 4.29. The second-order valence-electron chi connectivity index (χ2n) is 5.57. The van der Waals surface area contributed by atoms with Gasteiger partial charge in [0.15, 0.2) is 0 Å². The zero-order valence-corrected chi connectivity index (χ0v) is 15.0. The minimum absolute atomic E-state index is 0.747. The molecule has 1 aromatic heterocycles. The maximum absolute atomic E-state index is 6.68. The van der Waals surface area contributed by atoms with Crippen molar-refractivity contribution in [1.29, 1.82) is 0 Å². The number of nitrogens with zero attached hydrogens (tertiary/aromatic N) is 1. The Labute approximate surface area is 149 Å². The van der Waals surface area contributed by atoms with Crippen LogP contribution in [0.25, 0.3) is 10.1 Å². The molecule has 1 aliphatic rings. The van der Waals surface area contributed by atoms with E-state index in [1.807, 2.05) is 30.3 Å². The molecular weight excluding hydrogens is 342 g/mol. The van der Waals surface area contributed by atoms with Crippen LogP contribution in [0.3, 0.4) is 0 Å². The number of hydrogen-bond acceptors (Lipinski definition) is 4. The Morgan fingerprint density at radius 3 is 2.79 bits per heavy atom. The van der Waals surface area contributed by atoms with Gasteiger partial charge in [-0.05, 0) is 30.7 Å². The van der Waals surface area contributed by atoms with Gasteiger partial charge >= 0.3 is 0 Å². The highest BCUT2D eigenvalue weighted by molar-refractivity contribution is 7.22. The van der Waals surface area contributed by atoms with E-state index in [9.17, 15) is 0 Å². The first-order chi connectivity index (χ1) is 11.7. The summed E-state index contributed by atoms with van der Waals surface area (Å²) in [7, 11) is 3.38. The zero-order chi connectivity index (χ0) is 16.7. The molecule has 2 heterocycles. The summed E-state index contributed by atoms with van der Waals surface area (Å²) in [6.45, 7) is 0.747. The molecule has 5 heteroatoms. The average molecular weight is 358 g/mol. The van der Waals surface area contributed by atoms with Crippen LogP contribution in [-0.4, -0.2) is 26.5 Å². The first kappa shape index (κ1) is 15.5. The van der Waals surface area contributed by atoms with Gasteiger partial charge in [0.05, 0.1) is 29.8 Å². The quantitative estimate of drug-likeness (QED) is 0.663. The topological polar surface area (TPSA) is 30.8 Å². The van der Waals surface area contributed by atoms with Gasteiger partial charge in [-0.2, -0.15) is 0 Å². The van der Waals surface area contributed by atoms with Crippen LogP contribution in [-0.2, 0) is 6.42 Å². The van der Waals surface area contributed by atoms with Gasteiger partial charge in [0.25, 0.3) is 0 Å². The normalized spacial score (nSPS) is 13.5. The highest BCUT2D eigenvalue weighted by Crippen LogP contribution is 2.40. The summed E-state index contributed by atoms with van der Waals surface area (Å²) in [5, 5.41) is 1.79. The molecule has 3 aromatic rings. The summed E-state index contributed by atoms with van der Waals surface area (Å²) in [4.78, 5) is 5.78. The molecule has 4 rings (SSSR count). The monoisotopic (exact) mass is 357 g/mol. The van der Waals surface area contributed by atoms with Gasteiger partial charge in [-0.3, -0.25) is 4.99 Å². The van der Waals surface area contributed by atoms with Crippen LogP contribution in [0.1, 0.15) is 16.0 Å². The zero-order valence-electron chi connectivity index (χ0n) is 13.4. The largest absolute Gasteiger partial charge is 0.497 e. The van der Waals surface area contributed by atoms with Gasteiger partial charge in [-0.1, -0.05) is 23.7 Å². The minimum Gasteiger partial charge on any atom is -0.497 e. The predicted molar refractivity (Wildman–Crippen MR) is 101 cm³/mol. The van der Waals surface area contributed by atoms with Crippen LogP contribution in [0.2, 0.25) is 5.02 Å².